The summed E-state index contributed by atoms with van der Waals surface area (Å²) in [6.07, 6.45) is 2.78. The molecule has 3 aliphatic rings. The third-order valence-electron chi connectivity index (χ3n) is 13.7. The first kappa shape index (κ1) is 39.6. The standard InChI is InChI=1S/C62H42N5O/c1-2-15-44(16-3-1)59-65-60(47-38-45(40-27-31-42(32-28-40)54-23-10-12-35-63-54)37-46(39-47)41-29-33-43(34-30-41)55-24-11-13-36-64-55)67-61(66-59)49-18-14-22-53-58(49)48-17-4-5-19-50(48)62(53)51-20-6-8-25-56(51)68-57-26-9-7-21-52(57)62/h1-39,60-61,67H/q-1. The van der Waals surface area contributed by atoms with E-state index in [1.165, 1.54) is 22.3 Å². The van der Waals surface area contributed by atoms with Crippen LogP contribution in [0.2, 0.25) is 0 Å². The Bertz CT molecular complexity index is 3390. The van der Waals surface area contributed by atoms with Gasteiger partial charge >= 0.3 is 0 Å². The summed E-state index contributed by atoms with van der Waals surface area (Å²) < 4.78 is 6.65. The Morgan fingerprint density at radius 1 is 0.426 bits per heavy atom. The van der Waals surface area contributed by atoms with E-state index in [0.29, 0.717) is 5.84 Å². The molecular weight excluding hydrogens is 831 g/mol. The van der Waals surface area contributed by atoms with Crippen LogP contribution in [0.25, 0.3) is 61.2 Å². The van der Waals surface area contributed by atoms with Crippen LogP contribution in [0.3, 0.4) is 0 Å². The Labute approximate surface area is 395 Å². The molecule has 0 saturated carbocycles. The normalized spacial score (nSPS) is 16.0. The summed E-state index contributed by atoms with van der Waals surface area (Å²) in [5.41, 5.74) is 18.0. The van der Waals surface area contributed by atoms with E-state index in [4.69, 9.17) is 15.0 Å². The summed E-state index contributed by atoms with van der Waals surface area (Å²) in [5.74, 6) is 2.43. The fourth-order valence-corrected chi connectivity index (χ4v) is 10.6. The molecule has 0 radical (unpaired) electrons. The van der Waals surface area contributed by atoms with Gasteiger partial charge in [0.1, 0.15) is 11.5 Å². The van der Waals surface area contributed by atoms with E-state index in [0.717, 1.165) is 84.1 Å². The topological polar surface area (TPSA) is 73.5 Å². The number of hydrogen-bond acceptors (Lipinski definition) is 5. The van der Waals surface area contributed by atoms with Crippen molar-refractivity contribution in [2.75, 3.05) is 0 Å². The van der Waals surface area contributed by atoms with Crippen molar-refractivity contribution >= 4 is 5.84 Å². The molecule has 0 fully saturated rings. The molecule has 0 bridgehead atoms. The number of pyridine rings is 2. The zero-order valence-electron chi connectivity index (χ0n) is 36.9. The van der Waals surface area contributed by atoms with Crippen molar-refractivity contribution in [1.82, 2.24) is 15.3 Å². The van der Waals surface area contributed by atoms with Crippen LogP contribution in [0.5, 0.6) is 11.5 Å². The Kier molecular flexibility index (Phi) is 9.51. The minimum absolute atomic E-state index is 0.446. The van der Waals surface area contributed by atoms with Crippen molar-refractivity contribution in [3.8, 4) is 67.4 Å². The number of ether oxygens (including phenoxy) is 1. The lowest BCUT2D eigenvalue weighted by Gasteiger charge is -2.42. The number of fused-ring (bicyclic) bond motifs is 9. The Hall–Kier alpha value is -8.71. The molecule has 1 spiro atoms. The maximum absolute atomic E-state index is 6.65. The van der Waals surface area contributed by atoms with E-state index in [9.17, 15) is 0 Å². The van der Waals surface area contributed by atoms with Gasteiger partial charge in [-0.1, -0.05) is 176 Å². The van der Waals surface area contributed by atoms with Gasteiger partial charge < -0.3 is 20.4 Å². The number of amidine groups is 1. The van der Waals surface area contributed by atoms with Gasteiger partial charge in [0.05, 0.1) is 16.8 Å². The maximum atomic E-state index is 6.65. The maximum Gasteiger partial charge on any atom is 0.132 e. The molecule has 2 aromatic heterocycles. The van der Waals surface area contributed by atoms with Crippen LogP contribution in [0, 0.1) is 0 Å². The number of benzene rings is 8. The van der Waals surface area contributed by atoms with Gasteiger partial charge in [0, 0.05) is 47.0 Å². The number of para-hydroxylation sites is 2. The van der Waals surface area contributed by atoms with Gasteiger partial charge in [-0.15, -0.1) is 0 Å². The molecule has 2 aliphatic heterocycles. The summed E-state index contributed by atoms with van der Waals surface area (Å²) in [7, 11) is 0. The summed E-state index contributed by atoms with van der Waals surface area (Å²) in [6, 6.07) is 79.2. The first-order valence-electron chi connectivity index (χ1n) is 23.1. The van der Waals surface area contributed by atoms with E-state index < -0.39 is 17.7 Å². The highest BCUT2D eigenvalue weighted by atomic mass is 16.5. The van der Waals surface area contributed by atoms with Gasteiger partial charge in [0.15, 0.2) is 0 Å². The molecule has 0 amide bonds. The molecule has 8 aromatic carbocycles. The van der Waals surface area contributed by atoms with Crippen LogP contribution in [-0.4, -0.2) is 15.8 Å². The Morgan fingerprint density at radius 2 is 0.956 bits per heavy atom. The van der Waals surface area contributed by atoms with Gasteiger partial charge in [-0.3, -0.25) is 9.97 Å². The fourth-order valence-electron chi connectivity index (χ4n) is 10.6. The van der Waals surface area contributed by atoms with Crippen LogP contribution in [0.15, 0.2) is 242 Å². The third-order valence-corrected chi connectivity index (χ3v) is 13.7. The number of nitrogens with one attached hydrogen (secondary N) is 1. The SMILES string of the molecule is c1ccc(C2=NC(c3cccc4c3-c3ccccc3C43c4ccccc4Oc4ccccc43)NC(c3cc(-c4ccc(-c5ccccn5)cc4)cc(-c4ccc(-c5ccccn5)cc4)c3)[N-]2)cc1. The van der Waals surface area contributed by atoms with Gasteiger partial charge in [-0.2, -0.15) is 0 Å². The molecule has 68 heavy (non-hydrogen) atoms. The average molecular weight is 873 g/mol. The van der Waals surface area contributed by atoms with Crippen molar-refractivity contribution in [2.24, 2.45) is 4.99 Å². The zero-order chi connectivity index (χ0) is 45.0. The number of rotatable bonds is 7. The monoisotopic (exact) mass is 872 g/mol. The lowest BCUT2D eigenvalue weighted by Crippen LogP contribution is -2.33. The molecule has 0 saturated heterocycles. The Morgan fingerprint density at radius 3 is 1.56 bits per heavy atom. The number of nitrogens with zero attached hydrogens (tertiary/aromatic N) is 4. The smallest absolute Gasteiger partial charge is 0.132 e. The highest BCUT2D eigenvalue weighted by molar-refractivity contribution is 6.09. The van der Waals surface area contributed by atoms with E-state index in [-0.39, 0.29) is 0 Å². The van der Waals surface area contributed by atoms with E-state index in [1.807, 2.05) is 54.9 Å². The first-order chi connectivity index (χ1) is 33.7. The molecule has 322 valence electrons. The predicted octanol–water partition coefficient (Wildman–Crippen LogP) is 14.7. The lowest BCUT2D eigenvalue weighted by molar-refractivity contribution is 0.436. The van der Waals surface area contributed by atoms with Crippen LogP contribution in [-0.2, 0) is 5.41 Å². The number of hydrogen-bond donors (Lipinski definition) is 1. The molecule has 13 rings (SSSR count). The highest BCUT2D eigenvalue weighted by Gasteiger charge is 2.51. The number of aromatic nitrogens is 2. The average Bonchev–Trinajstić information content (AvgIpc) is 3.72. The second kappa shape index (κ2) is 16.3. The molecule has 2 atom stereocenters. The largest absolute Gasteiger partial charge is 0.457 e. The fraction of sp³-hybridized carbons (Fsp3) is 0.0484. The van der Waals surface area contributed by atoms with Crippen molar-refractivity contribution in [2.45, 2.75) is 17.7 Å². The van der Waals surface area contributed by atoms with E-state index >= 15 is 0 Å². The molecule has 1 N–H and O–H groups in total. The van der Waals surface area contributed by atoms with Crippen molar-refractivity contribution in [1.29, 1.82) is 0 Å². The molecule has 10 aromatic rings. The molecule has 6 heteroatoms. The van der Waals surface area contributed by atoms with Gasteiger partial charge in [-0.05, 0) is 116 Å². The molecule has 1 aliphatic carbocycles. The summed E-state index contributed by atoms with van der Waals surface area (Å²) >= 11 is 0. The van der Waals surface area contributed by atoms with E-state index in [2.05, 4.69) is 197 Å². The minimum atomic E-state index is -0.598. The predicted molar refractivity (Wildman–Crippen MR) is 273 cm³/mol. The van der Waals surface area contributed by atoms with Crippen LogP contribution < -0.4 is 10.1 Å². The first-order valence-corrected chi connectivity index (χ1v) is 23.1. The summed E-state index contributed by atoms with van der Waals surface area (Å²) in [5, 5.41) is 9.46. The van der Waals surface area contributed by atoms with Gasteiger partial charge in [0.25, 0.3) is 0 Å². The Balaban J connectivity index is 0.970. The van der Waals surface area contributed by atoms with Gasteiger partial charge in [0.2, 0.25) is 0 Å². The van der Waals surface area contributed by atoms with E-state index in [1.54, 1.807) is 0 Å². The second-order valence-corrected chi connectivity index (χ2v) is 17.5. The minimum Gasteiger partial charge on any atom is -0.457 e. The van der Waals surface area contributed by atoms with Crippen molar-refractivity contribution < 1.29 is 4.74 Å². The quantitative estimate of drug-likeness (QED) is 0.173. The summed E-state index contributed by atoms with van der Waals surface area (Å²) in [4.78, 5) is 14.7. The summed E-state index contributed by atoms with van der Waals surface area (Å²) in [6.45, 7) is 0. The zero-order valence-corrected chi connectivity index (χ0v) is 36.9. The lowest BCUT2D eigenvalue weighted by atomic mass is 9.66. The molecule has 4 heterocycles. The van der Waals surface area contributed by atoms with Gasteiger partial charge in [-0.25, -0.2) is 0 Å². The van der Waals surface area contributed by atoms with Crippen LogP contribution in [0.4, 0.5) is 0 Å². The number of aliphatic imine (C=N–C) groups is 1. The second-order valence-electron chi connectivity index (χ2n) is 17.5. The van der Waals surface area contributed by atoms with Crippen LogP contribution in [0.1, 0.15) is 51.3 Å². The highest BCUT2D eigenvalue weighted by Crippen LogP contribution is 2.63. The third kappa shape index (κ3) is 6.56. The van der Waals surface area contributed by atoms with Crippen molar-refractivity contribution in [3.63, 3.8) is 0 Å². The van der Waals surface area contributed by atoms with Crippen molar-refractivity contribution in [3.05, 3.63) is 281 Å². The molecule has 6 nitrogen and oxygen atoms in total. The molecular formula is C62H42N5O-. The van der Waals surface area contributed by atoms with Crippen LogP contribution >= 0.6 is 0 Å². The molecule has 2 unspecified atom stereocenters.